The highest BCUT2D eigenvalue weighted by molar-refractivity contribution is 7.90. The SMILES string of the molecule is Cn1cc(C2CN(S(=O)(=O)c3cccc(S(N)(=O)=O)c3)CCO2)cn1. The summed E-state index contributed by atoms with van der Waals surface area (Å²) in [5.41, 5.74) is 0.778. The number of hydrogen-bond acceptors (Lipinski definition) is 6. The highest BCUT2D eigenvalue weighted by atomic mass is 32.2. The molecule has 1 fully saturated rings. The molecule has 0 spiro atoms. The van der Waals surface area contributed by atoms with Crippen molar-refractivity contribution < 1.29 is 21.6 Å². The number of aromatic nitrogens is 2. The molecule has 1 aliphatic rings. The van der Waals surface area contributed by atoms with Gasteiger partial charge in [-0.2, -0.15) is 9.40 Å². The van der Waals surface area contributed by atoms with E-state index in [9.17, 15) is 16.8 Å². The van der Waals surface area contributed by atoms with Gasteiger partial charge in [-0.25, -0.2) is 22.0 Å². The largest absolute Gasteiger partial charge is 0.371 e. The zero-order valence-electron chi connectivity index (χ0n) is 13.4. The molecule has 2 aromatic rings. The average molecular weight is 386 g/mol. The summed E-state index contributed by atoms with van der Waals surface area (Å²) in [7, 11) is -6.10. The molecule has 11 heteroatoms. The summed E-state index contributed by atoms with van der Waals surface area (Å²) < 4.78 is 57.2. The Morgan fingerprint density at radius 3 is 2.60 bits per heavy atom. The molecule has 0 amide bonds. The molecule has 2 N–H and O–H groups in total. The Kier molecular flexibility index (Phi) is 4.68. The zero-order chi connectivity index (χ0) is 18.2. The van der Waals surface area contributed by atoms with Crippen molar-refractivity contribution in [2.45, 2.75) is 15.9 Å². The molecular weight excluding hydrogens is 368 g/mol. The number of hydrogen-bond donors (Lipinski definition) is 1. The smallest absolute Gasteiger partial charge is 0.243 e. The van der Waals surface area contributed by atoms with Gasteiger partial charge in [0, 0.05) is 31.9 Å². The lowest BCUT2D eigenvalue weighted by Crippen LogP contribution is -2.42. The summed E-state index contributed by atoms with van der Waals surface area (Å²) in [5.74, 6) is 0. The Balaban J connectivity index is 1.89. The average Bonchev–Trinajstić information content (AvgIpc) is 3.01. The van der Waals surface area contributed by atoms with Crippen LogP contribution in [0.1, 0.15) is 11.7 Å². The van der Waals surface area contributed by atoms with Crippen molar-refractivity contribution in [3.05, 3.63) is 42.2 Å². The van der Waals surface area contributed by atoms with Crippen LogP contribution >= 0.6 is 0 Å². The predicted molar refractivity (Wildman–Crippen MR) is 88.5 cm³/mol. The fourth-order valence-electron chi connectivity index (χ4n) is 2.61. The van der Waals surface area contributed by atoms with Crippen LogP contribution in [0.25, 0.3) is 0 Å². The van der Waals surface area contributed by atoms with E-state index in [-0.39, 0.29) is 29.5 Å². The van der Waals surface area contributed by atoms with Crippen LogP contribution in [0.5, 0.6) is 0 Å². The standard InChI is InChI=1S/C14H18N4O5S2/c1-17-9-11(8-16-17)14-10-18(5-6-23-14)25(21,22)13-4-2-3-12(7-13)24(15,19)20/h2-4,7-9,14H,5-6,10H2,1H3,(H2,15,19,20). The van der Waals surface area contributed by atoms with E-state index in [1.54, 1.807) is 24.1 Å². The Morgan fingerprint density at radius 2 is 1.96 bits per heavy atom. The molecule has 2 heterocycles. The molecule has 0 saturated carbocycles. The molecule has 136 valence electrons. The number of ether oxygens (including phenoxy) is 1. The number of sulfonamides is 2. The molecule has 1 atom stereocenters. The maximum absolute atomic E-state index is 12.9. The molecule has 25 heavy (non-hydrogen) atoms. The van der Waals surface area contributed by atoms with E-state index in [4.69, 9.17) is 9.88 Å². The van der Waals surface area contributed by atoms with Gasteiger partial charge in [0.2, 0.25) is 20.0 Å². The normalized spacial score (nSPS) is 19.8. The number of aryl methyl sites for hydroxylation is 1. The first-order chi connectivity index (χ1) is 11.7. The van der Waals surface area contributed by atoms with Crippen LogP contribution in [-0.4, -0.2) is 50.6 Å². The monoisotopic (exact) mass is 386 g/mol. The van der Waals surface area contributed by atoms with Crippen molar-refractivity contribution in [1.29, 1.82) is 0 Å². The molecule has 0 bridgehead atoms. The lowest BCUT2D eigenvalue weighted by molar-refractivity contribution is -0.00259. The van der Waals surface area contributed by atoms with E-state index in [2.05, 4.69) is 5.10 Å². The van der Waals surface area contributed by atoms with Crippen molar-refractivity contribution in [3.8, 4) is 0 Å². The van der Waals surface area contributed by atoms with Crippen molar-refractivity contribution >= 4 is 20.0 Å². The molecule has 1 aromatic heterocycles. The molecule has 1 saturated heterocycles. The quantitative estimate of drug-likeness (QED) is 0.778. The summed E-state index contributed by atoms with van der Waals surface area (Å²) >= 11 is 0. The first-order valence-corrected chi connectivity index (χ1v) is 10.4. The third-order valence-corrected chi connectivity index (χ3v) is 6.67. The van der Waals surface area contributed by atoms with Gasteiger partial charge in [-0.05, 0) is 18.2 Å². The Bertz CT molecular complexity index is 984. The van der Waals surface area contributed by atoms with E-state index in [1.165, 1.54) is 22.5 Å². The fraction of sp³-hybridized carbons (Fsp3) is 0.357. The second-order valence-electron chi connectivity index (χ2n) is 5.69. The van der Waals surface area contributed by atoms with Crippen LogP contribution in [0.15, 0.2) is 46.5 Å². The van der Waals surface area contributed by atoms with Crippen molar-refractivity contribution in [2.75, 3.05) is 19.7 Å². The lowest BCUT2D eigenvalue weighted by Gasteiger charge is -2.31. The van der Waals surface area contributed by atoms with Crippen LogP contribution in [0, 0.1) is 0 Å². The minimum absolute atomic E-state index is 0.119. The Hall–Kier alpha value is -1.79. The van der Waals surface area contributed by atoms with Gasteiger partial charge in [0.25, 0.3) is 0 Å². The van der Waals surface area contributed by atoms with E-state index in [1.807, 2.05) is 0 Å². The predicted octanol–water partition coefficient (Wildman–Crippen LogP) is -0.170. The highest BCUT2D eigenvalue weighted by Crippen LogP contribution is 2.27. The Morgan fingerprint density at radius 1 is 1.24 bits per heavy atom. The minimum atomic E-state index is -3.99. The second-order valence-corrected chi connectivity index (χ2v) is 9.19. The zero-order valence-corrected chi connectivity index (χ0v) is 15.1. The van der Waals surface area contributed by atoms with Crippen LogP contribution < -0.4 is 5.14 Å². The van der Waals surface area contributed by atoms with Gasteiger partial charge in [-0.15, -0.1) is 0 Å². The molecule has 3 rings (SSSR count). The van der Waals surface area contributed by atoms with Crippen LogP contribution in [0.3, 0.4) is 0 Å². The van der Waals surface area contributed by atoms with Gasteiger partial charge in [-0.1, -0.05) is 6.07 Å². The molecule has 1 unspecified atom stereocenters. The van der Waals surface area contributed by atoms with Gasteiger partial charge in [-0.3, -0.25) is 4.68 Å². The molecule has 1 aromatic carbocycles. The second kappa shape index (κ2) is 6.50. The van der Waals surface area contributed by atoms with E-state index in [0.29, 0.717) is 0 Å². The van der Waals surface area contributed by atoms with Crippen LogP contribution in [0.4, 0.5) is 0 Å². The summed E-state index contributed by atoms with van der Waals surface area (Å²) in [4.78, 5) is -0.364. The van der Waals surface area contributed by atoms with Crippen LogP contribution in [-0.2, 0) is 31.8 Å². The molecular formula is C14H18N4O5S2. The first kappa shape index (κ1) is 18.0. The van der Waals surface area contributed by atoms with Gasteiger partial charge >= 0.3 is 0 Å². The van der Waals surface area contributed by atoms with Gasteiger partial charge in [0.05, 0.1) is 28.7 Å². The minimum Gasteiger partial charge on any atom is -0.371 e. The number of nitrogens with two attached hydrogens (primary N) is 1. The van der Waals surface area contributed by atoms with E-state index < -0.39 is 26.2 Å². The van der Waals surface area contributed by atoms with Crippen LogP contribution in [0.2, 0.25) is 0 Å². The summed E-state index contributed by atoms with van der Waals surface area (Å²) in [6.45, 7) is 0.528. The lowest BCUT2D eigenvalue weighted by atomic mass is 10.2. The molecule has 0 aliphatic carbocycles. The molecule has 9 nitrogen and oxygen atoms in total. The maximum Gasteiger partial charge on any atom is 0.243 e. The van der Waals surface area contributed by atoms with Crippen molar-refractivity contribution in [1.82, 2.24) is 14.1 Å². The number of rotatable bonds is 4. The molecule has 0 radical (unpaired) electrons. The number of morpholine rings is 1. The first-order valence-electron chi connectivity index (χ1n) is 7.41. The van der Waals surface area contributed by atoms with E-state index >= 15 is 0 Å². The summed E-state index contributed by atoms with van der Waals surface area (Å²) in [6.07, 6.45) is 2.96. The number of benzene rings is 1. The topological polar surface area (TPSA) is 125 Å². The Labute approximate surface area is 146 Å². The summed E-state index contributed by atoms with van der Waals surface area (Å²) in [6, 6.07) is 5.02. The van der Waals surface area contributed by atoms with Gasteiger partial charge < -0.3 is 4.74 Å². The third kappa shape index (κ3) is 3.75. The van der Waals surface area contributed by atoms with E-state index in [0.717, 1.165) is 11.6 Å². The van der Waals surface area contributed by atoms with Gasteiger partial charge in [0.1, 0.15) is 0 Å². The van der Waals surface area contributed by atoms with Crippen molar-refractivity contribution in [3.63, 3.8) is 0 Å². The fourth-order valence-corrected chi connectivity index (χ4v) is 4.72. The van der Waals surface area contributed by atoms with Crippen molar-refractivity contribution in [2.24, 2.45) is 12.2 Å². The maximum atomic E-state index is 12.9. The third-order valence-electron chi connectivity index (χ3n) is 3.90. The van der Waals surface area contributed by atoms with Gasteiger partial charge in [0.15, 0.2) is 0 Å². The highest BCUT2D eigenvalue weighted by Gasteiger charge is 2.32. The number of primary sulfonamides is 1. The molecule has 1 aliphatic heterocycles. The number of nitrogens with zero attached hydrogens (tertiary/aromatic N) is 3. The summed E-state index contributed by atoms with van der Waals surface area (Å²) in [5, 5.41) is 9.15.